The van der Waals surface area contributed by atoms with E-state index in [2.05, 4.69) is 76.3 Å². The highest BCUT2D eigenvalue weighted by Gasteiger charge is 2.18. The maximum Gasteiger partial charge on any atom is 0.213 e. The Morgan fingerprint density at radius 3 is 2.34 bits per heavy atom. The van der Waals surface area contributed by atoms with E-state index < -0.39 is 0 Å². The van der Waals surface area contributed by atoms with Gasteiger partial charge in [0.25, 0.3) is 0 Å². The van der Waals surface area contributed by atoms with Crippen LogP contribution in [0.2, 0.25) is 0 Å². The Bertz CT molecular complexity index is 1460. The number of hydrogen-bond acceptors (Lipinski definition) is 3. The first kappa shape index (κ1) is 16.5. The number of hydrogen-bond donors (Lipinski definition) is 0. The van der Waals surface area contributed by atoms with E-state index in [4.69, 9.17) is 4.42 Å². The molecule has 0 amide bonds. The third-order valence-electron chi connectivity index (χ3n) is 5.16. The highest BCUT2D eigenvalue weighted by atomic mass is 32.2. The molecule has 6 aromatic rings. The van der Waals surface area contributed by atoms with Gasteiger partial charge in [-0.1, -0.05) is 48.2 Å². The first-order valence-corrected chi connectivity index (χ1v) is 10.3. The topological polar surface area (TPSA) is 31.0 Å². The molecule has 3 nitrogen and oxygen atoms in total. The van der Waals surface area contributed by atoms with Crippen molar-refractivity contribution in [2.75, 3.05) is 0 Å². The van der Waals surface area contributed by atoms with Crippen LogP contribution in [-0.4, -0.2) is 9.55 Å². The van der Waals surface area contributed by atoms with Crippen LogP contribution in [-0.2, 0) is 0 Å². The van der Waals surface area contributed by atoms with Gasteiger partial charge in [0.05, 0.1) is 17.1 Å². The Hall–Kier alpha value is -3.50. The molecule has 0 radical (unpaired) electrons. The molecule has 138 valence electrons. The molecule has 0 unspecified atom stereocenters. The predicted molar refractivity (Wildman–Crippen MR) is 119 cm³/mol. The Balaban J connectivity index is 1.53. The van der Waals surface area contributed by atoms with Crippen molar-refractivity contribution in [2.45, 2.75) is 9.79 Å². The normalized spacial score (nSPS) is 11.6. The van der Waals surface area contributed by atoms with E-state index in [-0.39, 0.29) is 0 Å². The van der Waals surface area contributed by atoms with Gasteiger partial charge in [-0.2, -0.15) is 0 Å². The van der Waals surface area contributed by atoms with Gasteiger partial charge in [0.2, 0.25) is 5.71 Å². The quantitative estimate of drug-likeness (QED) is 0.322. The minimum atomic E-state index is 0.859. The number of aromatic nitrogens is 2. The van der Waals surface area contributed by atoms with Crippen LogP contribution in [0.25, 0.3) is 38.7 Å². The third kappa shape index (κ3) is 2.64. The monoisotopic (exact) mass is 392 g/mol. The zero-order valence-corrected chi connectivity index (χ0v) is 16.3. The third-order valence-corrected chi connectivity index (χ3v) is 6.18. The van der Waals surface area contributed by atoms with Gasteiger partial charge in [-0.15, -0.1) is 0 Å². The number of nitrogens with zero attached hydrogens (tertiary/aromatic N) is 2. The summed E-state index contributed by atoms with van der Waals surface area (Å²) in [4.78, 5) is 6.80. The first-order valence-electron chi connectivity index (χ1n) is 9.47. The van der Waals surface area contributed by atoms with Crippen LogP contribution in [0.4, 0.5) is 0 Å². The van der Waals surface area contributed by atoms with Crippen molar-refractivity contribution < 1.29 is 4.42 Å². The number of furan rings is 1. The van der Waals surface area contributed by atoms with Crippen molar-refractivity contribution in [3.05, 3.63) is 97.3 Å². The average molecular weight is 392 g/mol. The number of para-hydroxylation sites is 1. The van der Waals surface area contributed by atoms with Gasteiger partial charge >= 0.3 is 0 Å². The maximum atomic E-state index is 6.28. The van der Waals surface area contributed by atoms with Crippen molar-refractivity contribution >= 4 is 44.7 Å². The molecule has 3 aromatic heterocycles. The zero-order chi connectivity index (χ0) is 19.2. The van der Waals surface area contributed by atoms with Crippen LogP contribution in [0.15, 0.2) is 112 Å². The molecule has 0 aliphatic heterocycles. The van der Waals surface area contributed by atoms with Gasteiger partial charge in [0.15, 0.2) is 0 Å². The standard InChI is InChI=1S/C25H16N2OS/c1-2-6-18(7-3-1)29-19-12-10-17(11-13-19)27-22-16-26-15-14-20(22)24-21-8-4-5-9-23(21)28-25(24)27/h1-16H. The Kier molecular flexibility index (Phi) is 3.71. The molecule has 0 bridgehead atoms. The fourth-order valence-corrected chi connectivity index (χ4v) is 4.72. The molecule has 6 rings (SSSR count). The largest absolute Gasteiger partial charge is 0.439 e. The van der Waals surface area contributed by atoms with E-state index in [1.54, 1.807) is 11.8 Å². The van der Waals surface area contributed by atoms with E-state index in [9.17, 15) is 0 Å². The fourth-order valence-electron chi connectivity index (χ4n) is 3.88. The van der Waals surface area contributed by atoms with Crippen LogP contribution >= 0.6 is 11.8 Å². The summed E-state index contributed by atoms with van der Waals surface area (Å²) in [6, 6.07) is 29.3. The van der Waals surface area contributed by atoms with Crippen LogP contribution in [0, 0.1) is 0 Å². The first-order chi connectivity index (χ1) is 14.4. The van der Waals surface area contributed by atoms with E-state index in [0.717, 1.165) is 38.7 Å². The molecule has 3 heterocycles. The molecule has 0 fully saturated rings. The van der Waals surface area contributed by atoms with Crippen molar-refractivity contribution in [2.24, 2.45) is 0 Å². The Morgan fingerprint density at radius 2 is 1.48 bits per heavy atom. The lowest BCUT2D eigenvalue weighted by atomic mass is 10.1. The average Bonchev–Trinajstić information content (AvgIpc) is 3.30. The highest BCUT2D eigenvalue weighted by molar-refractivity contribution is 7.99. The molecule has 29 heavy (non-hydrogen) atoms. The lowest BCUT2D eigenvalue weighted by molar-refractivity contribution is 0.645. The van der Waals surface area contributed by atoms with Crippen molar-refractivity contribution in [3.8, 4) is 5.69 Å². The van der Waals surface area contributed by atoms with Gasteiger partial charge in [-0.25, -0.2) is 0 Å². The van der Waals surface area contributed by atoms with E-state index in [1.807, 2.05) is 30.6 Å². The molecular formula is C25H16N2OS. The lowest BCUT2D eigenvalue weighted by Crippen LogP contribution is -1.93. The summed E-state index contributed by atoms with van der Waals surface area (Å²) in [6.45, 7) is 0. The van der Waals surface area contributed by atoms with Crippen molar-refractivity contribution in [1.82, 2.24) is 9.55 Å². The zero-order valence-electron chi connectivity index (χ0n) is 15.4. The second-order valence-corrected chi connectivity index (χ2v) is 8.06. The summed E-state index contributed by atoms with van der Waals surface area (Å²) in [7, 11) is 0. The molecule has 0 saturated carbocycles. The predicted octanol–water partition coefficient (Wildman–Crippen LogP) is 7.08. The number of fused-ring (bicyclic) bond motifs is 5. The van der Waals surface area contributed by atoms with Crippen LogP contribution in [0.5, 0.6) is 0 Å². The molecule has 0 spiro atoms. The molecule has 0 aliphatic carbocycles. The van der Waals surface area contributed by atoms with Gasteiger partial charge < -0.3 is 4.42 Å². The van der Waals surface area contributed by atoms with Gasteiger partial charge in [-0.3, -0.25) is 9.55 Å². The van der Waals surface area contributed by atoms with Crippen LogP contribution in [0.1, 0.15) is 0 Å². The second kappa shape index (κ2) is 6.54. The summed E-state index contributed by atoms with van der Waals surface area (Å²) in [5, 5.41) is 3.43. The number of rotatable bonds is 3. The molecule has 4 heteroatoms. The van der Waals surface area contributed by atoms with Crippen molar-refractivity contribution in [1.29, 1.82) is 0 Å². The minimum absolute atomic E-state index is 0.859. The van der Waals surface area contributed by atoms with Crippen LogP contribution < -0.4 is 0 Å². The summed E-state index contributed by atoms with van der Waals surface area (Å²) in [5.74, 6) is 0. The lowest BCUT2D eigenvalue weighted by Gasteiger charge is -2.07. The number of benzene rings is 3. The molecule has 0 N–H and O–H groups in total. The molecule has 0 atom stereocenters. The molecule has 0 saturated heterocycles. The highest BCUT2D eigenvalue weighted by Crippen LogP contribution is 2.38. The molecule has 0 aliphatic rings. The van der Waals surface area contributed by atoms with Gasteiger partial charge in [0.1, 0.15) is 5.58 Å². The maximum absolute atomic E-state index is 6.28. The fraction of sp³-hybridized carbons (Fsp3) is 0. The smallest absolute Gasteiger partial charge is 0.213 e. The van der Waals surface area contributed by atoms with E-state index in [0.29, 0.717) is 0 Å². The van der Waals surface area contributed by atoms with Crippen molar-refractivity contribution in [3.63, 3.8) is 0 Å². The summed E-state index contributed by atoms with van der Waals surface area (Å²) in [5.41, 5.74) is 3.88. The SMILES string of the molecule is c1ccc(Sc2ccc(-n3c4cnccc4c4c5ccccc5oc43)cc2)cc1. The molecule has 3 aromatic carbocycles. The van der Waals surface area contributed by atoms with Crippen LogP contribution in [0.3, 0.4) is 0 Å². The minimum Gasteiger partial charge on any atom is -0.439 e. The summed E-state index contributed by atoms with van der Waals surface area (Å²) >= 11 is 1.76. The molecular weight excluding hydrogens is 376 g/mol. The summed E-state index contributed by atoms with van der Waals surface area (Å²) < 4.78 is 8.44. The number of pyridine rings is 1. The Morgan fingerprint density at radius 1 is 0.724 bits per heavy atom. The van der Waals surface area contributed by atoms with E-state index in [1.165, 1.54) is 9.79 Å². The Labute approximate surface area is 171 Å². The summed E-state index contributed by atoms with van der Waals surface area (Å²) in [6.07, 6.45) is 3.75. The second-order valence-electron chi connectivity index (χ2n) is 6.92. The van der Waals surface area contributed by atoms with Gasteiger partial charge in [-0.05, 0) is 48.5 Å². The van der Waals surface area contributed by atoms with E-state index >= 15 is 0 Å². The van der Waals surface area contributed by atoms with Gasteiger partial charge in [0, 0.05) is 32.4 Å².